The monoisotopic (exact) mass is 357 g/mol. The molecule has 0 amide bonds. The molecule has 1 aromatic carbocycles. The van der Waals surface area contributed by atoms with Gasteiger partial charge in [0.05, 0.1) is 0 Å². The van der Waals surface area contributed by atoms with E-state index in [4.69, 9.17) is 0 Å². The fourth-order valence-electron chi connectivity index (χ4n) is 3.04. The summed E-state index contributed by atoms with van der Waals surface area (Å²) >= 11 is 0.199. The first-order chi connectivity index (χ1) is 10.6. The van der Waals surface area contributed by atoms with Gasteiger partial charge in [-0.05, 0) is 0 Å². The average Bonchev–Trinajstić information content (AvgIpc) is 3.03. The first kappa shape index (κ1) is 13.7. The normalized spacial score (nSPS) is 11.6. The summed E-state index contributed by atoms with van der Waals surface area (Å²) in [6.07, 6.45) is 3.77. The van der Waals surface area contributed by atoms with Gasteiger partial charge in [0.25, 0.3) is 0 Å². The summed E-state index contributed by atoms with van der Waals surface area (Å²) in [5, 5.41) is 4.37. The molecule has 5 heteroatoms. The van der Waals surface area contributed by atoms with Gasteiger partial charge in [0.1, 0.15) is 0 Å². The van der Waals surface area contributed by atoms with Crippen LogP contribution in [0.3, 0.4) is 0 Å². The zero-order chi connectivity index (χ0) is 15.4. The van der Waals surface area contributed by atoms with Crippen LogP contribution in [-0.2, 0) is 7.05 Å². The number of aryl methyl sites for hydroxylation is 3. The average molecular weight is 356 g/mol. The third-order valence-electron chi connectivity index (χ3n) is 4.26. The summed E-state index contributed by atoms with van der Waals surface area (Å²) < 4.78 is 6.67. The molecule has 22 heavy (non-hydrogen) atoms. The van der Waals surface area contributed by atoms with Crippen molar-refractivity contribution in [2.75, 3.05) is 0 Å². The van der Waals surface area contributed by atoms with E-state index in [0.29, 0.717) is 0 Å². The van der Waals surface area contributed by atoms with Crippen LogP contribution >= 0.6 is 0 Å². The summed E-state index contributed by atoms with van der Waals surface area (Å²) in [5.41, 5.74) is 7.80. The Labute approximate surface area is 134 Å². The standard InChI is InChI=1S/C17H17N4Se/c1-10-7-11(2)12(3)13(8-10)15-16-14(5-6-20(15)4)21-17(22-16)18-9-19-21/h5-9H,1-4H3/q+1. The van der Waals surface area contributed by atoms with Crippen LogP contribution in [-0.4, -0.2) is 29.1 Å². The second-order valence-corrected chi connectivity index (χ2v) is 7.85. The van der Waals surface area contributed by atoms with Crippen molar-refractivity contribution in [2.24, 2.45) is 7.05 Å². The Morgan fingerprint density at radius 2 is 2.00 bits per heavy atom. The third kappa shape index (κ3) is 1.86. The van der Waals surface area contributed by atoms with Gasteiger partial charge in [-0.25, -0.2) is 0 Å². The number of nitrogens with zero attached hydrogens (tertiary/aromatic N) is 4. The molecule has 0 unspecified atom stereocenters. The maximum atomic E-state index is 4.40. The fraction of sp³-hybridized carbons (Fsp3) is 0.235. The number of benzene rings is 1. The Morgan fingerprint density at radius 1 is 1.18 bits per heavy atom. The van der Waals surface area contributed by atoms with E-state index in [0.717, 1.165) is 4.52 Å². The quantitative estimate of drug-likeness (QED) is 0.388. The molecule has 0 fully saturated rings. The molecule has 0 aliphatic heterocycles. The van der Waals surface area contributed by atoms with E-state index in [1.54, 1.807) is 6.33 Å². The molecule has 0 radical (unpaired) electrons. The third-order valence-corrected chi connectivity index (χ3v) is 6.50. The number of rotatable bonds is 1. The molecule has 0 spiro atoms. The van der Waals surface area contributed by atoms with Crippen LogP contribution < -0.4 is 4.57 Å². The molecule has 4 nitrogen and oxygen atoms in total. The number of hydrogen-bond acceptors (Lipinski definition) is 2. The molecule has 110 valence electrons. The molecule has 3 aromatic heterocycles. The van der Waals surface area contributed by atoms with Crippen molar-refractivity contribution < 1.29 is 4.57 Å². The molecule has 0 aliphatic rings. The molecule has 4 aromatic rings. The Bertz CT molecular complexity index is 1030. The van der Waals surface area contributed by atoms with Gasteiger partial charge in [-0.2, -0.15) is 0 Å². The molecular formula is C17H17N4Se+. The van der Waals surface area contributed by atoms with Gasteiger partial charge >= 0.3 is 134 Å². The van der Waals surface area contributed by atoms with E-state index in [1.807, 2.05) is 4.52 Å². The van der Waals surface area contributed by atoms with E-state index in [2.05, 4.69) is 66.9 Å². The van der Waals surface area contributed by atoms with Gasteiger partial charge in [0.15, 0.2) is 0 Å². The van der Waals surface area contributed by atoms with E-state index in [9.17, 15) is 0 Å². The summed E-state index contributed by atoms with van der Waals surface area (Å²) in [6, 6.07) is 6.69. The van der Waals surface area contributed by atoms with Crippen molar-refractivity contribution in [1.29, 1.82) is 0 Å². The number of pyridine rings is 1. The van der Waals surface area contributed by atoms with Gasteiger partial charge in [-0.15, -0.1) is 0 Å². The van der Waals surface area contributed by atoms with Crippen LogP contribution in [0.15, 0.2) is 30.7 Å². The Hall–Kier alpha value is -1.97. The second-order valence-electron chi connectivity index (χ2n) is 5.80. The van der Waals surface area contributed by atoms with Crippen LogP contribution in [0.2, 0.25) is 0 Å². The molecule has 0 saturated carbocycles. The first-order valence-electron chi connectivity index (χ1n) is 7.25. The minimum absolute atomic E-state index is 0.199. The van der Waals surface area contributed by atoms with Gasteiger partial charge in [0.2, 0.25) is 0 Å². The predicted molar refractivity (Wildman–Crippen MR) is 88.3 cm³/mol. The zero-order valence-corrected chi connectivity index (χ0v) is 14.8. The van der Waals surface area contributed by atoms with Gasteiger partial charge in [0, 0.05) is 0 Å². The van der Waals surface area contributed by atoms with Crippen LogP contribution in [0.25, 0.3) is 25.6 Å². The second kappa shape index (κ2) is 4.77. The number of aromatic nitrogens is 4. The van der Waals surface area contributed by atoms with E-state index in [1.165, 1.54) is 37.7 Å². The van der Waals surface area contributed by atoms with Gasteiger partial charge in [-0.3, -0.25) is 0 Å². The van der Waals surface area contributed by atoms with Gasteiger partial charge in [-0.1, -0.05) is 0 Å². The van der Waals surface area contributed by atoms with E-state index < -0.39 is 0 Å². The molecule has 0 aliphatic carbocycles. The van der Waals surface area contributed by atoms with E-state index >= 15 is 0 Å². The topological polar surface area (TPSA) is 34.1 Å². The molecule has 0 N–H and O–H groups in total. The Balaban J connectivity index is 2.16. The SMILES string of the molecule is Cc1cc(C)c(C)c(-c2c3[se]c4ncnn4c3cc[n+]2C)c1. The minimum atomic E-state index is 0.199. The molecule has 0 saturated heterocycles. The summed E-state index contributed by atoms with van der Waals surface area (Å²) in [6.45, 7) is 6.56. The van der Waals surface area contributed by atoms with Crippen LogP contribution in [0.4, 0.5) is 0 Å². The maximum absolute atomic E-state index is 4.40. The molecule has 0 bridgehead atoms. The fourth-order valence-corrected chi connectivity index (χ4v) is 5.40. The van der Waals surface area contributed by atoms with Crippen molar-refractivity contribution in [3.63, 3.8) is 0 Å². The van der Waals surface area contributed by atoms with Crippen molar-refractivity contribution in [2.45, 2.75) is 20.8 Å². The van der Waals surface area contributed by atoms with Crippen molar-refractivity contribution >= 4 is 28.8 Å². The summed E-state index contributed by atoms with van der Waals surface area (Å²) in [5.74, 6) is 0. The first-order valence-corrected chi connectivity index (χ1v) is 8.96. The molecule has 4 rings (SSSR count). The van der Waals surface area contributed by atoms with Crippen molar-refractivity contribution in [3.8, 4) is 11.3 Å². The predicted octanol–water partition coefficient (Wildman–Crippen LogP) is 2.36. The van der Waals surface area contributed by atoms with Gasteiger partial charge < -0.3 is 0 Å². The zero-order valence-electron chi connectivity index (χ0n) is 13.1. The van der Waals surface area contributed by atoms with Crippen molar-refractivity contribution in [3.05, 3.63) is 47.4 Å². The Morgan fingerprint density at radius 3 is 2.82 bits per heavy atom. The molecule has 3 heterocycles. The number of hydrogen-bond donors (Lipinski definition) is 0. The van der Waals surface area contributed by atoms with Crippen LogP contribution in [0.5, 0.6) is 0 Å². The summed E-state index contributed by atoms with van der Waals surface area (Å²) in [7, 11) is 2.12. The molecular weight excluding hydrogens is 339 g/mol. The summed E-state index contributed by atoms with van der Waals surface area (Å²) in [4.78, 5) is 4.40. The van der Waals surface area contributed by atoms with Crippen molar-refractivity contribution in [1.82, 2.24) is 14.6 Å². The van der Waals surface area contributed by atoms with E-state index in [-0.39, 0.29) is 14.5 Å². The Kier molecular flexibility index (Phi) is 2.96. The van der Waals surface area contributed by atoms with Crippen LogP contribution in [0, 0.1) is 20.8 Å². The number of fused-ring (bicyclic) bond motifs is 3. The molecule has 0 atom stereocenters. The van der Waals surface area contributed by atoms with Crippen LogP contribution in [0.1, 0.15) is 16.7 Å².